The van der Waals surface area contributed by atoms with Gasteiger partial charge in [-0.2, -0.15) is 4.98 Å². The minimum atomic E-state index is -1.19. The van der Waals surface area contributed by atoms with Crippen molar-refractivity contribution in [1.29, 1.82) is 0 Å². The quantitative estimate of drug-likeness (QED) is 0.212. The fraction of sp³-hybridized carbons (Fsp3) is 0.640. The fourth-order valence-corrected chi connectivity index (χ4v) is 4.38. The highest BCUT2D eigenvalue weighted by molar-refractivity contribution is 5.89. The van der Waals surface area contributed by atoms with Crippen molar-refractivity contribution < 1.29 is 38.1 Å². The van der Waals surface area contributed by atoms with Crippen molar-refractivity contribution in [2.75, 3.05) is 11.9 Å². The van der Waals surface area contributed by atoms with Crippen molar-refractivity contribution in [2.24, 2.45) is 0 Å². The second kappa shape index (κ2) is 13.8. The van der Waals surface area contributed by atoms with E-state index in [1.807, 2.05) is 0 Å². The summed E-state index contributed by atoms with van der Waals surface area (Å²) in [6.45, 7) is 5.39. The molecule has 4 unspecified atom stereocenters. The average molecular weight is 550 g/mol. The Morgan fingerprint density at radius 3 is 2.33 bits per heavy atom. The van der Waals surface area contributed by atoms with Gasteiger partial charge in [0.05, 0.1) is 0 Å². The summed E-state index contributed by atoms with van der Waals surface area (Å²) in [5, 5.41) is 2.59. The van der Waals surface area contributed by atoms with Gasteiger partial charge < -0.3 is 18.9 Å². The van der Waals surface area contributed by atoms with Crippen LogP contribution >= 0.6 is 0 Å². The Hall–Kier alpha value is -3.81. The lowest BCUT2D eigenvalue weighted by Crippen LogP contribution is -2.40. The molecular formula is C25H35N5O9. The number of nitrogens with one attached hydrogen (secondary N) is 2. The Bertz CT molecular complexity index is 1240. The number of amides is 1. The number of H-pyrrole nitrogens is 1. The topological polar surface area (TPSA) is 181 Å². The number of esters is 3. The number of fused-ring (bicyclic) bond motifs is 1. The average Bonchev–Trinajstić information content (AvgIpc) is 3.41. The number of imidazole rings is 1. The highest BCUT2D eigenvalue weighted by Crippen LogP contribution is 2.35. The first-order valence-corrected chi connectivity index (χ1v) is 13.0. The van der Waals surface area contributed by atoms with Crippen LogP contribution in [-0.2, 0) is 38.1 Å². The highest BCUT2D eigenvalue weighted by Gasteiger charge is 2.51. The number of hydrogen-bond donors (Lipinski definition) is 2. The highest BCUT2D eigenvalue weighted by atomic mass is 16.7. The maximum Gasteiger partial charge on any atom is 0.303 e. The molecule has 1 fully saturated rings. The van der Waals surface area contributed by atoms with E-state index in [0.29, 0.717) is 6.42 Å². The molecule has 4 atom stereocenters. The van der Waals surface area contributed by atoms with E-state index < -0.39 is 48.0 Å². The van der Waals surface area contributed by atoms with Crippen molar-refractivity contribution in [3.63, 3.8) is 0 Å². The molecule has 0 aliphatic carbocycles. The lowest BCUT2D eigenvalue weighted by atomic mass is 10.1. The van der Waals surface area contributed by atoms with Crippen molar-refractivity contribution in [1.82, 2.24) is 19.5 Å². The summed E-state index contributed by atoms with van der Waals surface area (Å²) in [5.74, 6) is -2.29. The Balaban J connectivity index is 1.81. The van der Waals surface area contributed by atoms with Crippen LogP contribution in [0.4, 0.5) is 5.95 Å². The fourth-order valence-electron chi connectivity index (χ4n) is 4.38. The monoisotopic (exact) mass is 549 g/mol. The third kappa shape index (κ3) is 8.09. The minimum Gasteiger partial charge on any atom is -0.463 e. The molecule has 1 saturated heterocycles. The Morgan fingerprint density at radius 1 is 1.00 bits per heavy atom. The zero-order valence-corrected chi connectivity index (χ0v) is 22.6. The molecule has 2 aromatic rings. The van der Waals surface area contributed by atoms with Gasteiger partial charge in [0.15, 0.2) is 29.6 Å². The number of anilines is 1. The van der Waals surface area contributed by atoms with Gasteiger partial charge in [0, 0.05) is 27.2 Å². The number of carbonyl (C=O) groups excluding carboxylic acids is 4. The lowest BCUT2D eigenvalue weighted by Gasteiger charge is -2.23. The van der Waals surface area contributed by atoms with Gasteiger partial charge in [0.1, 0.15) is 19.0 Å². The number of rotatable bonds is 13. The molecule has 14 nitrogen and oxygen atoms in total. The molecular weight excluding hydrogens is 514 g/mol. The van der Waals surface area contributed by atoms with Crippen LogP contribution < -0.4 is 10.9 Å². The Labute approximate surface area is 224 Å². The van der Waals surface area contributed by atoms with Crippen LogP contribution in [0.2, 0.25) is 0 Å². The first kappa shape index (κ1) is 29.7. The molecule has 0 radical (unpaired) electrons. The summed E-state index contributed by atoms with van der Waals surface area (Å²) in [4.78, 5) is 71.3. The number of aromatic amines is 1. The van der Waals surface area contributed by atoms with E-state index in [-0.39, 0.29) is 29.6 Å². The summed E-state index contributed by atoms with van der Waals surface area (Å²) in [7, 11) is 0. The molecule has 3 heterocycles. The number of unbranched alkanes of at least 4 members (excludes halogenated alkanes) is 5. The van der Waals surface area contributed by atoms with Gasteiger partial charge in [-0.05, 0) is 6.42 Å². The van der Waals surface area contributed by atoms with Crippen molar-refractivity contribution in [3.8, 4) is 0 Å². The van der Waals surface area contributed by atoms with Crippen LogP contribution in [0.1, 0.15) is 78.9 Å². The molecule has 3 rings (SSSR count). The molecule has 1 aliphatic rings. The molecule has 214 valence electrons. The molecule has 14 heteroatoms. The summed E-state index contributed by atoms with van der Waals surface area (Å²) < 4.78 is 23.0. The minimum absolute atomic E-state index is 0.00580. The largest absolute Gasteiger partial charge is 0.463 e. The number of aromatic nitrogens is 4. The standard InChI is InChI=1S/C25H35N5O9/c1-5-6-7-8-9-10-11-18(34)27-25-28-22-19(23(35)29-25)30(13-26-22)24-21(38-16(4)33)20(37-15(3)32)17(39-24)12-36-14(2)31/h13,17,20-21,24H,5-12H2,1-4H3,(H2,27,28,29,34,35). The molecule has 2 aromatic heterocycles. The maximum atomic E-state index is 13.0. The lowest BCUT2D eigenvalue weighted by molar-refractivity contribution is -0.166. The van der Waals surface area contributed by atoms with E-state index in [1.165, 1.54) is 38.1 Å². The predicted molar refractivity (Wildman–Crippen MR) is 136 cm³/mol. The van der Waals surface area contributed by atoms with Gasteiger partial charge in [-0.3, -0.25) is 38.8 Å². The van der Waals surface area contributed by atoms with E-state index in [2.05, 4.69) is 27.2 Å². The van der Waals surface area contributed by atoms with Crippen LogP contribution in [0.25, 0.3) is 11.2 Å². The van der Waals surface area contributed by atoms with Crippen LogP contribution in [0.15, 0.2) is 11.1 Å². The third-order valence-electron chi connectivity index (χ3n) is 6.07. The molecule has 0 saturated carbocycles. The summed E-state index contributed by atoms with van der Waals surface area (Å²) in [6.07, 6.45) is 3.25. The van der Waals surface area contributed by atoms with Crippen LogP contribution in [0, 0.1) is 0 Å². The molecule has 0 bridgehead atoms. The van der Waals surface area contributed by atoms with Gasteiger partial charge in [-0.1, -0.05) is 39.0 Å². The first-order chi connectivity index (χ1) is 18.6. The number of carbonyl (C=O) groups is 4. The zero-order chi connectivity index (χ0) is 28.5. The van der Waals surface area contributed by atoms with E-state index >= 15 is 0 Å². The predicted octanol–water partition coefficient (Wildman–Crippen LogP) is 2.13. The van der Waals surface area contributed by atoms with E-state index in [1.54, 1.807) is 0 Å². The summed E-state index contributed by atoms with van der Waals surface area (Å²) in [5.41, 5.74) is -0.655. The molecule has 1 amide bonds. The van der Waals surface area contributed by atoms with Crippen LogP contribution in [-0.4, -0.2) is 68.3 Å². The molecule has 2 N–H and O–H groups in total. The third-order valence-corrected chi connectivity index (χ3v) is 6.07. The normalized spacial score (nSPS) is 20.5. The second-order valence-electron chi connectivity index (χ2n) is 9.32. The van der Waals surface area contributed by atoms with Crippen molar-refractivity contribution in [2.45, 2.75) is 97.2 Å². The van der Waals surface area contributed by atoms with Crippen LogP contribution in [0.3, 0.4) is 0 Å². The van der Waals surface area contributed by atoms with E-state index in [4.69, 9.17) is 18.9 Å². The number of nitrogens with zero attached hydrogens (tertiary/aromatic N) is 3. The number of ether oxygens (including phenoxy) is 4. The zero-order valence-electron chi connectivity index (χ0n) is 22.6. The molecule has 0 aromatic carbocycles. The SMILES string of the molecule is CCCCCCCCC(=O)Nc1nc2ncn(C3OC(COC(C)=O)C(OC(C)=O)C3OC(C)=O)c2c(=O)[nH]1. The molecule has 0 spiro atoms. The van der Waals surface area contributed by atoms with E-state index in [9.17, 15) is 24.0 Å². The smallest absolute Gasteiger partial charge is 0.303 e. The van der Waals surface area contributed by atoms with Crippen molar-refractivity contribution >= 4 is 40.9 Å². The maximum absolute atomic E-state index is 13.0. The second-order valence-corrected chi connectivity index (χ2v) is 9.32. The van der Waals surface area contributed by atoms with Crippen molar-refractivity contribution in [3.05, 3.63) is 16.7 Å². The summed E-state index contributed by atoms with van der Waals surface area (Å²) >= 11 is 0. The first-order valence-electron chi connectivity index (χ1n) is 13.0. The van der Waals surface area contributed by atoms with Crippen LogP contribution in [0.5, 0.6) is 0 Å². The Kier molecular flexibility index (Phi) is 10.5. The van der Waals surface area contributed by atoms with Gasteiger partial charge >= 0.3 is 17.9 Å². The van der Waals surface area contributed by atoms with Gasteiger partial charge in [0.25, 0.3) is 5.56 Å². The Morgan fingerprint density at radius 2 is 1.67 bits per heavy atom. The van der Waals surface area contributed by atoms with Gasteiger partial charge in [-0.15, -0.1) is 0 Å². The van der Waals surface area contributed by atoms with E-state index in [0.717, 1.165) is 32.1 Å². The summed E-state index contributed by atoms with van der Waals surface area (Å²) in [6, 6.07) is 0. The van der Waals surface area contributed by atoms with Gasteiger partial charge in [-0.25, -0.2) is 4.98 Å². The number of hydrogen-bond acceptors (Lipinski definition) is 11. The molecule has 1 aliphatic heterocycles. The van der Waals surface area contributed by atoms with Gasteiger partial charge in [0.2, 0.25) is 11.9 Å². The molecule has 39 heavy (non-hydrogen) atoms.